The molecule has 216 valence electrons. The molecular weight excluding hydrogens is 626 g/mol. The molecule has 0 bridgehead atoms. The smallest absolute Gasteiger partial charge is 0.248 e. The Morgan fingerprint density at radius 3 is 2.62 bits per heavy atom. The molecule has 1 aliphatic heterocycles. The van der Waals surface area contributed by atoms with Gasteiger partial charge in [0.15, 0.2) is 17.4 Å². The van der Waals surface area contributed by atoms with Crippen LogP contribution >= 0.6 is 27.5 Å². The van der Waals surface area contributed by atoms with Gasteiger partial charge in [-0.25, -0.2) is 15.0 Å². The van der Waals surface area contributed by atoms with Crippen LogP contribution in [0.25, 0.3) is 22.0 Å². The summed E-state index contributed by atoms with van der Waals surface area (Å²) in [5, 5.41) is 18.0. The van der Waals surface area contributed by atoms with E-state index in [4.69, 9.17) is 11.6 Å². The molecule has 2 fully saturated rings. The third-order valence-electron chi connectivity index (χ3n) is 7.82. The standard InChI is InChI=1S/C29H27BrClN7O4/c1-13-6-16(18-9-32-27(15(3)40)33-10-18)7-20-24(14(2)39)36-38(25(13)20)12-23(41)37-11-17-8-19(17)26(37)29(42)35-28-21(31)4-5-22(30)34-28/h4-7,9-10,15,17,19,26,40H,8,11-12H2,1-3H3,(H,34,35,42)/t15?,17-,19-,26+/m1/s1. The van der Waals surface area contributed by atoms with E-state index >= 15 is 0 Å². The number of aryl methyl sites for hydroxylation is 1. The van der Waals surface area contributed by atoms with Gasteiger partial charge >= 0.3 is 0 Å². The third kappa shape index (κ3) is 5.18. The highest BCUT2D eigenvalue weighted by Gasteiger charge is 2.56. The normalized spacial score (nSPS) is 20.0. The summed E-state index contributed by atoms with van der Waals surface area (Å²) >= 11 is 9.52. The first-order valence-corrected chi connectivity index (χ1v) is 14.6. The Bertz CT molecular complexity index is 1760. The molecule has 4 atom stereocenters. The van der Waals surface area contributed by atoms with E-state index in [-0.39, 0.29) is 47.5 Å². The van der Waals surface area contributed by atoms with Gasteiger partial charge in [0.05, 0.1) is 10.5 Å². The summed E-state index contributed by atoms with van der Waals surface area (Å²) < 4.78 is 2.08. The van der Waals surface area contributed by atoms with E-state index in [9.17, 15) is 19.5 Å². The number of nitrogens with zero attached hydrogens (tertiary/aromatic N) is 6. The number of anilines is 1. The van der Waals surface area contributed by atoms with Gasteiger partial charge in [-0.1, -0.05) is 11.6 Å². The van der Waals surface area contributed by atoms with Crippen molar-refractivity contribution in [1.29, 1.82) is 0 Å². The minimum Gasteiger partial charge on any atom is -0.385 e. The van der Waals surface area contributed by atoms with E-state index in [0.29, 0.717) is 38.5 Å². The number of amides is 2. The number of aliphatic hydroxyl groups is 1. The number of benzene rings is 1. The van der Waals surface area contributed by atoms with Crippen molar-refractivity contribution in [2.24, 2.45) is 11.8 Å². The molecule has 4 heterocycles. The molecule has 3 aromatic heterocycles. The number of carbonyl (C=O) groups excluding carboxylic acids is 3. The fourth-order valence-electron chi connectivity index (χ4n) is 5.74. The lowest BCUT2D eigenvalue weighted by molar-refractivity contribution is -0.138. The molecule has 2 N–H and O–H groups in total. The van der Waals surface area contributed by atoms with Crippen molar-refractivity contribution in [2.75, 3.05) is 11.9 Å². The van der Waals surface area contributed by atoms with E-state index in [0.717, 1.165) is 17.5 Å². The van der Waals surface area contributed by atoms with Crippen LogP contribution in [0.15, 0.2) is 41.3 Å². The maximum atomic E-state index is 13.7. The van der Waals surface area contributed by atoms with Gasteiger partial charge < -0.3 is 15.3 Å². The number of fused-ring (bicyclic) bond motifs is 2. The Kier molecular flexibility index (Phi) is 7.32. The molecule has 1 saturated carbocycles. The topological polar surface area (TPSA) is 143 Å². The second-order valence-electron chi connectivity index (χ2n) is 10.9. The number of carbonyl (C=O) groups is 3. The van der Waals surface area contributed by atoms with Gasteiger partial charge in [-0.3, -0.25) is 19.1 Å². The number of piperidine rings is 1. The molecule has 2 amide bonds. The Labute approximate surface area is 254 Å². The number of nitrogens with one attached hydrogen (secondary N) is 1. The third-order valence-corrected chi connectivity index (χ3v) is 8.57. The highest BCUT2D eigenvalue weighted by molar-refractivity contribution is 9.10. The molecule has 1 saturated heterocycles. The molecule has 2 aliphatic rings. The van der Waals surface area contributed by atoms with Crippen LogP contribution in [0.1, 0.15) is 48.2 Å². The van der Waals surface area contributed by atoms with E-state index in [2.05, 4.69) is 41.3 Å². The molecular formula is C29H27BrClN7O4. The average Bonchev–Trinajstić information content (AvgIpc) is 3.44. The van der Waals surface area contributed by atoms with Crippen molar-refractivity contribution in [3.8, 4) is 11.1 Å². The number of halogens is 2. The Morgan fingerprint density at radius 2 is 1.93 bits per heavy atom. The van der Waals surface area contributed by atoms with Gasteiger partial charge in [-0.05, 0) is 83.4 Å². The molecule has 1 aromatic carbocycles. The van der Waals surface area contributed by atoms with Gasteiger partial charge in [0.25, 0.3) is 0 Å². The largest absolute Gasteiger partial charge is 0.385 e. The zero-order chi connectivity index (χ0) is 29.9. The summed E-state index contributed by atoms with van der Waals surface area (Å²) in [4.78, 5) is 54.0. The van der Waals surface area contributed by atoms with Crippen molar-refractivity contribution >= 4 is 61.8 Å². The number of aromatic nitrogens is 5. The number of aliphatic hydroxyl groups excluding tert-OH is 1. The summed E-state index contributed by atoms with van der Waals surface area (Å²) in [5.74, 6) is 0.0599. The van der Waals surface area contributed by atoms with Crippen LogP contribution in [0.2, 0.25) is 5.02 Å². The van der Waals surface area contributed by atoms with E-state index in [1.54, 1.807) is 41.0 Å². The van der Waals surface area contributed by atoms with Gasteiger partial charge in [0.1, 0.15) is 29.0 Å². The van der Waals surface area contributed by atoms with Crippen molar-refractivity contribution in [1.82, 2.24) is 29.6 Å². The minimum atomic E-state index is -0.787. The summed E-state index contributed by atoms with van der Waals surface area (Å²) in [6.45, 7) is 5.27. The van der Waals surface area contributed by atoms with Crippen molar-refractivity contribution in [3.63, 3.8) is 0 Å². The van der Waals surface area contributed by atoms with E-state index < -0.39 is 12.1 Å². The zero-order valence-electron chi connectivity index (χ0n) is 23.0. The number of hydrogen-bond acceptors (Lipinski definition) is 8. The lowest BCUT2D eigenvalue weighted by Crippen LogP contribution is -2.47. The second kappa shape index (κ2) is 10.8. The lowest BCUT2D eigenvalue weighted by atomic mass is 10.0. The number of ketones is 1. The van der Waals surface area contributed by atoms with Crippen molar-refractivity contribution in [2.45, 2.75) is 45.9 Å². The quantitative estimate of drug-likeness (QED) is 0.222. The maximum Gasteiger partial charge on any atom is 0.248 e. The summed E-state index contributed by atoms with van der Waals surface area (Å²) in [6, 6.07) is 6.42. The molecule has 4 aromatic rings. The predicted molar refractivity (Wildman–Crippen MR) is 159 cm³/mol. The molecule has 13 heteroatoms. The average molecular weight is 653 g/mol. The molecule has 1 aliphatic carbocycles. The lowest BCUT2D eigenvalue weighted by Gasteiger charge is -2.27. The molecule has 0 spiro atoms. The van der Waals surface area contributed by atoms with Gasteiger partial charge in [-0.2, -0.15) is 5.10 Å². The van der Waals surface area contributed by atoms with Crippen LogP contribution in [-0.2, 0) is 16.1 Å². The number of pyridine rings is 1. The van der Waals surface area contributed by atoms with Crippen LogP contribution in [0, 0.1) is 18.8 Å². The zero-order valence-corrected chi connectivity index (χ0v) is 25.3. The first-order chi connectivity index (χ1) is 20.0. The molecule has 11 nitrogen and oxygen atoms in total. The SMILES string of the molecule is CC(=O)c1nn(CC(=O)N2C[C@H]3C[C@H]3[C@H]2C(=O)Nc2nc(Br)ccc2Cl)c2c(C)cc(-c3cnc(C(C)O)nc3)cc12. The predicted octanol–water partition coefficient (Wildman–Crippen LogP) is 4.35. The van der Waals surface area contributed by atoms with Gasteiger partial charge in [0, 0.05) is 36.8 Å². The van der Waals surface area contributed by atoms with Crippen molar-refractivity contribution < 1.29 is 19.5 Å². The van der Waals surface area contributed by atoms with E-state index in [1.165, 1.54) is 6.92 Å². The van der Waals surface area contributed by atoms with Crippen molar-refractivity contribution in [3.05, 3.63) is 63.4 Å². The van der Waals surface area contributed by atoms with Crippen LogP contribution in [-0.4, -0.2) is 64.9 Å². The monoisotopic (exact) mass is 651 g/mol. The Balaban J connectivity index is 1.29. The summed E-state index contributed by atoms with van der Waals surface area (Å²) in [7, 11) is 0. The number of Topliss-reactive ketones (excluding diaryl/α,β-unsaturated/α-hetero) is 1. The summed E-state index contributed by atoms with van der Waals surface area (Å²) in [6.07, 6.45) is 3.34. The van der Waals surface area contributed by atoms with Gasteiger partial charge in [0.2, 0.25) is 11.8 Å². The number of hydrogen-bond donors (Lipinski definition) is 2. The Morgan fingerprint density at radius 1 is 1.19 bits per heavy atom. The summed E-state index contributed by atoms with van der Waals surface area (Å²) in [5.41, 5.74) is 3.21. The van der Waals surface area contributed by atoms with Crippen LogP contribution in [0.3, 0.4) is 0 Å². The Hall–Kier alpha value is -3.74. The fourth-order valence-corrected chi connectivity index (χ4v) is 6.21. The fraction of sp³-hybridized carbons (Fsp3) is 0.345. The van der Waals surface area contributed by atoms with Gasteiger partial charge in [-0.15, -0.1) is 0 Å². The number of likely N-dealkylation sites (tertiary alicyclic amines) is 1. The first kappa shape index (κ1) is 28.4. The number of rotatable bonds is 7. The molecule has 6 rings (SSSR count). The second-order valence-corrected chi connectivity index (χ2v) is 12.1. The van der Waals surface area contributed by atoms with Crippen LogP contribution < -0.4 is 5.32 Å². The minimum absolute atomic E-state index is 0.0775. The van der Waals surface area contributed by atoms with Crippen LogP contribution in [0.4, 0.5) is 5.82 Å². The molecule has 1 unspecified atom stereocenters. The maximum absolute atomic E-state index is 13.7. The first-order valence-electron chi connectivity index (χ1n) is 13.5. The van der Waals surface area contributed by atoms with Crippen LogP contribution in [0.5, 0.6) is 0 Å². The molecule has 42 heavy (non-hydrogen) atoms. The van der Waals surface area contributed by atoms with E-state index in [1.807, 2.05) is 19.1 Å². The highest BCUT2D eigenvalue weighted by Crippen LogP contribution is 2.50. The molecule has 0 radical (unpaired) electrons. The highest BCUT2D eigenvalue weighted by atomic mass is 79.9.